The Balaban J connectivity index is 1.56. The summed E-state index contributed by atoms with van der Waals surface area (Å²) in [6.07, 6.45) is 1.16. The van der Waals surface area contributed by atoms with Gasteiger partial charge in [0.15, 0.2) is 11.5 Å². The van der Waals surface area contributed by atoms with Gasteiger partial charge in [-0.1, -0.05) is 18.2 Å². The van der Waals surface area contributed by atoms with Crippen LogP contribution in [0.5, 0.6) is 17.2 Å². The van der Waals surface area contributed by atoms with Gasteiger partial charge in [-0.15, -0.1) is 0 Å². The number of carbonyl (C=O) groups excluding carboxylic acids is 3. The summed E-state index contributed by atoms with van der Waals surface area (Å²) in [6.45, 7) is 0.429. The first-order valence-electron chi connectivity index (χ1n) is 14.1. The number of carbonyl (C=O) groups is 3. The molecule has 5 unspecified atom stereocenters. The molecule has 0 bridgehead atoms. The third-order valence-corrected chi connectivity index (χ3v) is 8.07. The average molecular weight is 581 g/mol. The van der Waals surface area contributed by atoms with E-state index in [4.69, 9.17) is 18.9 Å². The first-order chi connectivity index (χ1) is 20.4. The molecule has 2 heterocycles. The zero-order valence-corrected chi connectivity index (χ0v) is 23.7. The summed E-state index contributed by atoms with van der Waals surface area (Å²) in [5.74, 6) is -0.202. The Morgan fingerprint density at radius 3 is 2.64 bits per heavy atom. The van der Waals surface area contributed by atoms with E-state index in [-0.39, 0.29) is 31.2 Å². The topological polar surface area (TPSA) is 144 Å². The van der Waals surface area contributed by atoms with Gasteiger partial charge in [0, 0.05) is 36.4 Å². The minimum Gasteiger partial charge on any atom is -0.496 e. The van der Waals surface area contributed by atoms with Crippen molar-refractivity contribution < 1.29 is 43.5 Å². The molecule has 1 saturated heterocycles. The molecule has 0 aromatic heterocycles. The van der Waals surface area contributed by atoms with Crippen LogP contribution in [-0.2, 0) is 20.7 Å². The molecule has 3 N–H and O–H groups in total. The SMILES string of the molecule is COc1ccccc1CCN(C(=O)C1CCCO1)C1C=C(C(=O)NCCO)C2c3cc(C=O)cc(OC)c3OC2C1O. The van der Waals surface area contributed by atoms with Gasteiger partial charge in [-0.25, -0.2) is 0 Å². The summed E-state index contributed by atoms with van der Waals surface area (Å²) in [5, 5.41) is 23.9. The quantitative estimate of drug-likeness (QED) is 0.336. The van der Waals surface area contributed by atoms with Crippen molar-refractivity contribution in [2.75, 3.05) is 40.5 Å². The fourth-order valence-corrected chi connectivity index (χ4v) is 6.07. The van der Waals surface area contributed by atoms with Crippen LogP contribution in [0.2, 0.25) is 0 Å². The van der Waals surface area contributed by atoms with Crippen LogP contribution in [0.15, 0.2) is 48.0 Å². The molecule has 2 amide bonds. The van der Waals surface area contributed by atoms with Crippen molar-refractivity contribution in [1.82, 2.24) is 10.2 Å². The van der Waals surface area contributed by atoms with Gasteiger partial charge in [0.05, 0.1) is 32.8 Å². The van der Waals surface area contributed by atoms with E-state index in [1.54, 1.807) is 24.2 Å². The molecule has 2 aromatic carbocycles. The van der Waals surface area contributed by atoms with Crippen molar-refractivity contribution in [2.24, 2.45) is 0 Å². The summed E-state index contributed by atoms with van der Waals surface area (Å²) in [6, 6.07) is 9.72. The van der Waals surface area contributed by atoms with Crippen molar-refractivity contribution in [3.8, 4) is 17.2 Å². The molecule has 11 heteroatoms. The fourth-order valence-electron chi connectivity index (χ4n) is 6.07. The zero-order chi connectivity index (χ0) is 29.8. The number of para-hydroxylation sites is 1. The third kappa shape index (κ3) is 5.59. The Morgan fingerprint density at radius 2 is 1.95 bits per heavy atom. The lowest BCUT2D eigenvalue weighted by molar-refractivity contribution is -0.146. The largest absolute Gasteiger partial charge is 0.496 e. The van der Waals surface area contributed by atoms with Crippen LogP contribution >= 0.6 is 0 Å². The normalized spacial score (nSPS) is 24.1. The van der Waals surface area contributed by atoms with Crippen LogP contribution < -0.4 is 19.5 Å². The molecule has 42 heavy (non-hydrogen) atoms. The van der Waals surface area contributed by atoms with Crippen LogP contribution in [-0.4, -0.2) is 98.1 Å². The first kappa shape index (κ1) is 29.6. The number of methoxy groups -OCH3 is 2. The number of benzene rings is 2. The van der Waals surface area contributed by atoms with Crippen molar-refractivity contribution in [3.63, 3.8) is 0 Å². The van der Waals surface area contributed by atoms with Gasteiger partial charge in [0.1, 0.15) is 30.3 Å². The highest BCUT2D eigenvalue weighted by Gasteiger charge is 2.52. The Labute approximate surface area is 244 Å². The van der Waals surface area contributed by atoms with Gasteiger partial charge in [-0.3, -0.25) is 14.4 Å². The fraction of sp³-hybridized carbons (Fsp3) is 0.452. The summed E-state index contributed by atoms with van der Waals surface area (Å²) in [5.41, 5.74) is 1.99. The highest BCUT2D eigenvalue weighted by Crippen LogP contribution is 2.51. The molecule has 5 rings (SSSR count). The first-order valence-corrected chi connectivity index (χ1v) is 14.1. The number of hydrogen-bond donors (Lipinski definition) is 3. The van der Waals surface area contributed by atoms with E-state index in [1.165, 1.54) is 13.2 Å². The van der Waals surface area contributed by atoms with Crippen LogP contribution in [0.1, 0.15) is 40.2 Å². The minimum absolute atomic E-state index is 0.0125. The Morgan fingerprint density at radius 1 is 1.17 bits per heavy atom. The maximum atomic E-state index is 13.9. The molecule has 0 spiro atoms. The average Bonchev–Trinajstić information content (AvgIpc) is 3.69. The van der Waals surface area contributed by atoms with E-state index in [1.807, 2.05) is 24.3 Å². The van der Waals surface area contributed by atoms with E-state index in [2.05, 4.69) is 5.32 Å². The van der Waals surface area contributed by atoms with Crippen LogP contribution in [0.25, 0.3) is 0 Å². The Hall–Kier alpha value is -3.93. The molecule has 0 radical (unpaired) electrons. The van der Waals surface area contributed by atoms with Crippen LogP contribution in [0.3, 0.4) is 0 Å². The lowest BCUT2D eigenvalue weighted by Crippen LogP contribution is -2.57. The molecule has 2 aliphatic heterocycles. The number of fused-ring (bicyclic) bond motifs is 3. The summed E-state index contributed by atoms with van der Waals surface area (Å²) in [4.78, 5) is 40.7. The number of nitrogens with one attached hydrogen (secondary N) is 1. The Bertz CT molecular complexity index is 1350. The van der Waals surface area contributed by atoms with Gasteiger partial charge < -0.3 is 39.4 Å². The second-order valence-corrected chi connectivity index (χ2v) is 10.5. The highest BCUT2D eigenvalue weighted by molar-refractivity contribution is 5.96. The van der Waals surface area contributed by atoms with Gasteiger partial charge in [-0.05, 0) is 49.1 Å². The van der Waals surface area contributed by atoms with Crippen molar-refractivity contribution >= 4 is 18.1 Å². The monoisotopic (exact) mass is 580 g/mol. The lowest BCUT2D eigenvalue weighted by atomic mass is 9.77. The third-order valence-electron chi connectivity index (χ3n) is 8.07. The summed E-state index contributed by atoms with van der Waals surface area (Å²) >= 11 is 0. The van der Waals surface area contributed by atoms with Gasteiger partial charge in [0.2, 0.25) is 5.91 Å². The van der Waals surface area contributed by atoms with E-state index < -0.39 is 36.2 Å². The molecular formula is C31H36N2O9. The van der Waals surface area contributed by atoms with Crippen molar-refractivity contribution in [2.45, 2.75) is 49.5 Å². The molecule has 5 atom stereocenters. The minimum atomic E-state index is -1.23. The number of amides is 2. The molecule has 1 aliphatic carbocycles. The number of aldehydes is 1. The van der Waals surface area contributed by atoms with E-state index in [0.29, 0.717) is 54.1 Å². The van der Waals surface area contributed by atoms with E-state index in [9.17, 15) is 24.6 Å². The smallest absolute Gasteiger partial charge is 0.252 e. The van der Waals surface area contributed by atoms with Gasteiger partial charge >= 0.3 is 0 Å². The Kier molecular flexibility index (Phi) is 9.10. The van der Waals surface area contributed by atoms with Crippen LogP contribution in [0.4, 0.5) is 0 Å². The predicted molar refractivity (Wildman–Crippen MR) is 151 cm³/mol. The number of aliphatic hydroxyl groups excluding tert-OH is 2. The molecule has 1 fully saturated rings. The second kappa shape index (κ2) is 12.9. The molecular weight excluding hydrogens is 544 g/mol. The van der Waals surface area contributed by atoms with E-state index in [0.717, 1.165) is 12.0 Å². The number of rotatable bonds is 11. The molecule has 0 saturated carbocycles. The summed E-state index contributed by atoms with van der Waals surface area (Å²) < 4.78 is 23.0. The maximum absolute atomic E-state index is 13.9. The second-order valence-electron chi connectivity index (χ2n) is 10.5. The number of aliphatic hydroxyl groups is 2. The highest BCUT2D eigenvalue weighted by atomic mass is 16.5. The number of nitrogens with zero attached hydrogens (tertiary/aromatic N) is 1. The molecule has 2 aromatic rings. The lowest BCUT2D eigenvalue weighted by Gasteiger charge is -2.41. The standard InChI is InChI=1S/C31H36N2O9/c1-39-23-7-4-3-6-19(23)9-11-33(31(38)24-8-5-13-41-24)22-16-21(30(37)32-10-12-34)26-20-14-18(17-35)15-25(40-2)28(20)42-29(26)27(22)36/h3-4,6-7,14-17,22,24,26-27,29,34,36H,5,8-13H2,1-2H3,(H,32,37). The van der Waals surface area contributed by atoms with Gasteiger partial charge in [-0.2, -0.15) is 0 Å². The van der Waals surface area contributed by atoms with Crippen molar-refractivity contribution in [3.05, 3.63) is 64.7 Å². The molecule has 3 aliphatic rings. The molecule has 224 valence electrons. The van der Waals surface area contributed by atoms with Gasteiger partial charge in [0.25, 0.3) is 5.91 Å². The summed E-state index contributed by atoms with van der Waals surface area (Å²) in [7, 11) is 3.03. The number of ether oxygens (including phenoxy) is 4. The number of hydrogen-bond acceptors (Lipinski definition) is 9. The van der Waals surface area contributed by atoms with Crippen molar-refractivity contribution in [1.29, 1.82) is 0 Å². The van der Waals surface area contributed by atoms with E-state index >= 15 is 0 Å². The maximum Gasteiger partial charge on any atom is 0.252 e. The predicted octanol–water partition coefficient (Wildman–Crippen LogP) is 1.39. The zero-order valence-electron chi connectivity index (χ0n) is 23.7. The van der Waals surface area contributed by atoms with Crippen LogP contribution in [0, 0.1) is 0 Å². The molecule has 11 nitrogen and oxygen atoms in total.